The summed E-state index contributed by atoms with van der Waals surface area (Å²) in [5.74, 6) is -2.86. The van der Waals surface area contributed by atoms with Gasteiger partial charge in [0.2, 0.25) is 5.91 Å². The maximum absolute atomic E-state index is 13.7. The van der Waals surface area contributed by atoms with Gasteiger partial charge in [0, 0.05) is 13.3 Å². The van der Waals surface area contributed by atoms with Crippen molar-refractivity contribution < 1.29 is 23.9 Å². The Labute approximate surface area is 143 Å². The second-order valence-corrected chi connectivity index (χ2v) is 5.39. The van der Waals surface area contributed by atoms with Crippen LogP contribution in [0.4, 0.5) is 10.1 Å². The van der Waals surface area contributed by atoms with Gasteiger partial charge in [-0.2, -0.15) is 0 Å². The molecule has 25 heavy (non-hydrogen) atoms. The van der Waals surface area contributed by atoms with Gasteiger partial charge < -0.3 is 15.7 Å². The van der Waals surface area contributed by atoms with Gasteiger partial charge in [-0.05, 0) is 23.8 Å². The van der Waals surface area contributed by atoms with Crippen LogP contribution in [0.5, 0.6) is 0 Å². The number of rotatable bonds is 6. The van der Waals surface area contributed by atoms with Gasteiger partial charge >= 0.3 is 5.97 Å². The molecule has 0 saturated carbocycles. The molecule has 2 rings (SSSR count). The third-order valence-electron chi connectivity index (χ3n) is 3.47. The molecule has 2 aromatic carbocycles. The van der Waals surface area contributed by atoms with Crippen molar-refractivity contribution in [3.05, 3.63) is 65.5 Å². The summed E-state index contributed by atoms with van der Waals surface area (Å²) in [5, 5.41) is 14.2. The number of carbonyl (C=O) groups is 3. The van der Waals surface area contributed by atoms with Crippen LogP contribution < -0.4 is 10.6 Å². The van der Waals surface area contributed by atoms with Crippen molar-refractivity contribution in [2.75, 3.05) is 5.32 Å². The predicted octanol–water partition coefficient (Wildman–Crippen LogP) is 2.21. The van der Waals surface area contributed by atoms with Crippen LogP contribution in [0.1, 0.15) is 22.8 Å². The van der Waals surface area contributed by atoms with Crippen molar-refractivity contribution in [2.24, 2.45) is 0 Å². The number of anilines is 1. The number of carboxylic acid groups (broad SMARTS) is 1. The summed E-state index contributed by atoms with van der Waals surface area (Å²) in [6.07, 6.45) is -0.198. The molecule has 0 aromatic heterocycles. The molecular formula is C18H17FN2O4. The molecule has 0 heterocycles. The fourth-order valence-corrected chi connectivity index (χ4v) is 2.30. The first-order chi connectivity index (χ1) is 11.9. The summed E-state index contributed by atoms with van der Waals surface area (Å²) < 4.78 is 13.7. The third kappa shape index (κ3) is 4.87. The van der Waals surface area contributed by atoms with Crippen molar-refractivity contribution in [3.8, 4) is 0 Å². The van der Waals surface area contributed by atoms with E-state index in [1.54, 1.807) is 18.2 Å². The van der Waals surface area contributed by atoms with Crippen LogP contribution in [0, 0.1) is 5.82 Å². The van der Waals surface area contributed by atoms with Gasteiger partial charge in [0.05, 0.1) is 11.3 Å². The topological polar surface area (TPSA) is 95.5 Å². The van der Waals surface area contributed by atoms with Gasteiger partial charge in [0.25, 0.3) is 5.91 Å². The van der Waals surface area contributed by atoms with Crippen molar-refractivity contribution >= 4 is 23.5 Å². The monoisotopic (exact) mass is 344 g/mol. The highest BCUT2D eigenvalue weighted by atomic mass is 19.1. The van der Waals surface area contributed by atoms with Gasteiger partial charge in [-0.3, -0.25) is 9.59 Å². The molecule has 130 valence electrons. The zero-order valence-corrected chi connectivity index (χ0v) is 13.5. The van der Waals surface area contributed by atoms with Gasteiger partial charge in [-0.1, -0.05) is 30.3 Å². The SMILES string of the molecule is CC(=O)Nc1ccccc1C(=O)N[C@H](Cc1ccccc1F)C(=O)O. The van der Waals surface area contributed by atoms with Crippen LogP contribution in [0.2, 0.25) is 0 Å². The summed E-state index contributed by atoms with van der Waals surface area (Å²) >= 11 is 0. The molecule has 2 amide bonds. The van der Waals surface area contributed by atoms with E-state index in [-0.39, 0.29) is 29.1 Å². The van der Waals surface area contributed by atoms with Gasteiger partial charge in [-0.15, -0.1) is 0 Å². The zero-order valence-electron chi connectivity index (χ0n) is 13.5. The van der Waals surface area contributed by atoms with E-state index < -0.39 is 23.7 Å². The normalized spacial score (nSPS) is 11.4. The molecule has 0 aliphatic heterocycles. The fourth-order valence-electron chi connectivity index (χ4n) is 2.30. The van der Waals surface area contributed by atoms with E-state index in [2.05, 4.69) is 10.6 Å². The van der Waals surface area contributed by atoms with Gasteiger partial charge in [0.15, 0.2) is 0 Å². The quantitative estimate of drug-likeness (QED) is 0.749. The Morgan fingerprint density at radius 2 is 1.72 bits per heavy atom. The fraction of sp³-hybridized carbons (Fsp3) is 0.167. The maximum Gasteiger partial charge on any atom is 0.326 e. The Hall–Kier alpha value is -3.22. The van der Waals surface area contributed by atoms with Crippen LogP contribution in [0.15, 0.2) is 48.5 Å². The molecule has 0 saturated heterocycles. The Balaban J connectivity index is 2.20. The predicted molar refractivity (Wildman–Crippen MR) is 89.7 cm³/mol. The lowest BCUT2D eigenvalue weighted by Gasteiger charge is -2.16. The first kappa shape index (κ1) is 18.1. The van der Waals surface area contributed by atoms with Crippen LogP contribution in [0.25, 0.3) is 0 Å². The number of amides is 2. The maximum atomic E-state index is 13.7. The van der Waals surface area contributed by atoms with E-state index in [0.717, 1.165) is 0 Å². The minimum atomic E-state index is -1.31. The van der Waals surface area contributed by atoms with Crippen molar-refractivity contribution in [1.82, 2.24) is 5.32 Å². The number of carbonyl (C=O) groups excluding carboxylic acids is 2. The number of benzene rings is 2. The third-order valence-corrected chi connectivity index (χ3v) is 3.47. The van der Waals surface area contributed by atoms with Crippen molar-refractivity contribution in [1.29, 1.82) is 0 Å². The standard InChI is InChI=1S/C18H17FN2O4/c1-11(22)20-15-9-5-3-7-13(15)17(23)21-16(18(24)25)10-12-6-2-4-8-14(12)19/h2-9,16H,10H2,1H3,(H,20,22)(H,21,23)(H,24,25)/t16-/m1/s1. The largest absolute Gasteiger partial charge is 0.480 e. The minimum Gasteiger partial charge on any atom is -0.480 e. The number of hydrogen-bond donors (Lipinski definition) is 3. The first-order valence-corrected chi connectivity index (χ1v) is 7.52. The summed E-state index contributed by atoms with van der Waals surface area (Å²) in [6.45, 7) is 1.30. The molecular weight excluding hydrogens is 327 g/mol. The number of halogens is 1. The molecule has 2 aromatic rings. The molecule has 0 fully saturated rings. The average Bonchev–Trinajstić information content (AvgIpc) is 2.55. The second-order valence-electron chi connectivity index (χ2n) is 5.39. The molecule has 3 N–H and O–H groups in total. The minimum absolute atomic E-state index is 0.123. The van der Waals surface area contributed by atoms with Crippen LogP contribution >= 0.6 is 0 Å². The number of para-hydroxylation sites is 1. The Morgan fingerprint density at radius 1 is 1.08 bits per heavy atom. The highest BCUT2D eigenvalue weighted by Crippen LogP contribution is 2.16. The number of nitrogens with one attached hydrogen (secondary N) is 2. The molecule has 6 nitrogen and oxygen atoms in total. The average molecular weight is 344 g/mol. The molecule has 0 aliphatic carbocycles. The van der Waals surface area contributed by atoms with Gasteiger partial charge in [-0.25, -0.2) is 9.18 Å². The van der Waals surface area contributed by atoms with Crippen molar-refractivity contribution in [3.63, 3.8) is 0 Å². The Bertz CT molecular complexity index is 807. The second kappa shape index (κ2) is 8.05. The van der Waals surface area contributed by atoms with E-state index in [0.29, 0.717) is 0 Å². The molecule has 1 atom stereocenters. The summed E-state index contributed by atoms with van der Waals surface area (Å²) in [5.41, 5.74) is 0.574. The zero-order chi connectivity index (χ0) is 18.4. The van der Waals surface area contributed by atoms with Crippen LogP contribution in [0.3, 0.4) is 0 Å². The molecule has 7 heteroatoms. The summed E-state index contributed by atoms with van der Waals surface area (Å²) in [6, 6.07) is 10.7. The lowest BCUT2D eigenvalue weighted by Crippen LogP contribution is -2.42. The molecule has 0 unspecified atom stereocenters. The molecule has 0 radical (unpaired) electrons. The first-order valence-electron chi connectivity index (χ1n) is 7.52. The van der Waals surface area contributed by atoms with Crippen molar-refractivity contribution in [2.45, 2.75) is 19.4 Å². The summed E-state index contributed by atoms with van der Waals surface area (Å²) in [7, 11) is 0. The molecule has 0 bridgehead atoms. The molecule has 0 spiro atoms. The van der Waals surface area contributed by atoms with E-state index in [4.69, 9.17) is 0 Å². The smallest absolute Gasteiger partial charge is 0.326 e. The van der Waals surface area contributed by atoms with Crippen LogP contribution in [-0.2, 0) is 16.0 Å². The number of aliphatic carboxylic acids is 1. The highest BCUT2D eigenvalue weighted by molar-refractivity contribution is 6.04. The van der Waals surface area contributed by atoms with E-state index in [9.17, 15) is 23.9 Å². The number of hydrogen-bond acceptors (Lipinski definition) is 3. The van der Waals surface area contributed by atoms with Crippen LogP contribution in [-0.4, -0.2) is 28.9 Å². The van der Waals surface area contributed by atoms with E-state index >= 15 is 0 Å². The highest BCUT2D eigenvalue weighted by Gasteiger charge is 2.23. The van der Waals surface area contributed by atoms with E-state index in [1.165, 1.54) is 37.3 Å². The lowest BCUT2D eigenvalue weighted by atomic mass is 10.0. The summed E-state index contributed by atoms with van der Waals surface area (Å²) in [4.78, 5) is 35.1. The lowest BCUT2D eigenvalue weighted by molar-refractivity contribution is -0.139. The Kier molecular flexibility index (Phi) is 5.84. The Morgan fingerprint density at radius 3 is 2.36 bits per heavy atom. The molecule has 0 aliphatic rings. The van der Waals surface area contributed by atoms with E-state index in [1.807, 2.05) is 0 Å². The van der Waals surface area contributed by atoms with Gasteiger partial charge in [0.1, 0.15) is 11.9 Å². The number of carboxylic acids is 1.